The molecule has 92 valence electrons. The SMILES string of the molecule is CC(C)CCS(=O)(=O)N(C)Cc1cn[nH]c1. The third kappa shape index (κ3) is 3.94. The largest absolute Gasteiger partial charge is 0.285 e. The molecule has 0 amide bonds. The summed E-state index contributed by atoms with van der Waals surface area (Å²) in [6, 6.07) is 0. The zero-order valence-electron chi connectivity index (χ0n) is 9.97. The summed E-state index contributed by atoms with van der Waals surface area (Å²) in [6.07, 6.45) is 4.03. The number of H-pyrrole nitrogens is 1. The first-order valence-corrected chi connectivity index (χ1v) is 6.94. The smallest absolute Gasteiger partial charge is 0.214 e. The van der Waals surface area contributed by atoms with Gasteiger partial charge >= 0.3 is 0 Å². The number of nitrogens with one attached hydrogen (secondary N) is 1. The molecule has 1 N–H and O–H groups in total. The van der Waals surface area contributed by atoms with E-state index in [-0.39, 0.29) is 5.75 Å². The van der Waals surface area contributed by atoms with Crippen molar-refractivity contribution in [1.29, 1.82) is 0 Å². The maximum absolute atomic E-state index is 11.9. The summed E-state index contributed by atoms with van der Waals surface area (Å²) in [5.41, 5.74) is 0.871. The maximum atomic E-state index is 11.9. The Kier molecular flexibility index (Phi) is 4.49. The Bertz CT molecular complexity index is 398. The van der Waals surface area contributed by atoms with Crippen molar-refractivity contribution in [3.05, 3.63) is 18.0 Å². The molecule has 0 unspecified atom stereocenters. The van der Waals surface area contributed by atoms with E-state index in [2.05, 4.69) is 10.2 Å². The minimum absolute atomic E-state index is 0.207. The molecular weight excluding hydrogens is 226 g/mol. The standard InChI is InChI=1S/C10H19N3O2S/c1-9(2)4-5-16(14,15)13(3)8-10-6-11-12-7-10/h6-7,9H,4-5,8H2,1-3H3,(H,11,12). The Morgan fingerprint density at radius 2 is 2.19 bits per heavy atom. The number of sulfonamides is 1. The molecule has 0 radical (unpaired) electrons. The van der Waals surface area contributed by atoms with Crippen LogP contribution in [0.1, 0.15) is 25.8 Å². The monoisotopic (exact) mass is 245 g/mol. The topological polar surface area (TPSA) is 66.1 Å². The van der Waals surface area contributed by atoms with E-state index in [0.29, 0.717) is 18.9 Å². The molecule has 1 aromatic heterocycles. The van der Waals surface area contributed by atoms with Crippen LogP contribution >= 0.6 is 0 Å². The van der Waals surface area contributed by atoms with Crippen LogP contribution in [-0.4, -0.2) is 35.7 Å². The van der Waals surface area contributed by atoms with Gasteiger partial charge in [-0.25, -0.2) is 12.7 Å². The van der Waals surface area contributed by atoms with E-state index >= 15 is 0 Å². The highest BCUT2D eigenvalue weighted by molar-refractivity contribution is 7.89. The molecular formula is C10H19N3O2S. The number of rotatable bonds is 6. The van der Waals surface area contributed by atoms with E-state index in [1.54, 1.807) is 19.4 Å². The first kappa shape index (κ1) is 13.2. The average Bonchev–Trinajstić information content (AvgIpc) is 2.67. The molecule has 1 rings (SSSR count). The summed E-state index contributed by atoms with van der Waals surface area (Å²) in [4.78, 5) is 0. The molecule has 16 heavy (non-hydrogen) atoms. The number of aromatic amines is 1. The Balaban J connectivity index is 2.55. The lowest BCUT2D eigenvalue weighted by Gasteiger charge is -2.16. The molecule has 6 heteroatoms. The van der Waals surface area contributed by atoms with E-state index in [1.165, 1.54) is 4.31 Å². The Morgan fingerprint density at radius 1 is 1.50 bits per heavy atom. The molecule has 1 aromatic rings. The number of hydrogen-bond donors (Lipinski definition) is 1. The van der Waals surface area contributed by atoms with Gasteiger partial charge in [0.25, 0.3) is 0 Å². The summed E-state index contributed by atoms with van der Waals surface area (Å²) >= 11 is 0. The van der Waals surface area contributed by atoms with Gasteiger partial charge in [-0.05, 0) is 12.3 Å². The fourth-order valence-electron chi connectivity index (χ4n) is 1.26. The first-order valence-electron chi connectivity index (χ1n) is 5.33. The minimum Gasteiger partial charge on any atom is -0.285 e. The lowest BCUT2D eigenvalue weighted by Crippen LogP contribution is -2.29. The van der Waals surface area contributed by atoms with E-state index in [0.717, 1.165) is 5.56 Å². The van der Waals surface area contributed by atoms with Crippen LogP contribution in [0.2, 0.25) is 0 Å². The summed E-state index contributed by atoms with van der Waals surface area (Å²) in [7, 11) is -1.54. The lowest BCUT2D eigenvalue weighted by atomic mass is 10.2. The predicted molar refractivity (Wildman–Crippen MR) is 63.3 cm³/mol. The van der Waals surface area contributed by atoms with Gasteiger partial charge in [0.1, 0.15) is 0 Å². The third-order valence-electron chi connectivity index (χ3n) is 2.39. The highest BCUT2D eigenvalue weighted by atomic mass is 32.2. The first-order chi connectivity index (χ1) is 7.42. The summed E-state index contributed by atoms with van der Waals surface area (Å²) in [5, 5.41) is 6.45. The van der Waals surface area contributed by atoms with Crippen molar-refractivity contribution in [3.63, 3.8) is 0 Å². The van der Waals surface area contributed by atoms with Gasteiger partial charge in [-0.1, -0.05) is 13.8 Å². The van der Waals surface area contributed by atoms with Gasteiger partial charge in [-0.3, -0.25) is 5.10 Å². The van der Waals surface area contributed by atoms with Crippen LogP contribution in [0, 0.1) is 5.92 Å². The molecule has 0 spiro atoms. The molecule has 0 fully saturated rings. The maximum Gasteiger partial charge on any atom is 0.214 e. The highest BCUT2D eigenvalue weighted by Crippen LogP contribution is 2.09. The van der Waals surface area contributed by atoms with Crippen LogP contribution in [-0.2, 0) is 16.6 Å². The molecule has 5 nitrogen and oxygen atoms in total. The normalized spacial score (nSPS) is 12.6. The van der Waals surface area contributed by atoms with Gasteiger partial charge in [0.2, 0.25) is 10.0 Å². The summed E-state index contributed by atoms with van der Waals surface area (Å²) < 4.78 is 25.1. The van der Waals surface area contributed by atoms with Gasteiger partial charge in [0, 0.05) is 25.4 Å². The zero-order chi connectivity index (χ0) is 12.2. The number of nitrogens with zero attached hydrogens (tertiary/aromatic N) is 2. The molecule has 0 aliphatic heterocycles. The molecule has 0 aliphatic rings. The molecule has 0 saturated carbocycles. The van der Waals surface area contributed by atoms with E-state index in [1.807, 2.05) is 13.8 Å². The van der Waals surface area contributed by atoms with Crippen molar-refractivity contribution >= 4 is 10.0 Å². The van der Waals surface area contributed by atoms with Crippen LogP contribution in [0.4, 0.5) is 0 Å². The number of hydrogen-bond acceptors (Lipinski definition) is 3. The predicted octanol–water partition coefficient (Wildman–Crippen LogP) is 1.22. The average molecular weight is 245 g/mol. The second-order valence-corrected chi connectivity index (χ2v) is 6.56. The van der Waals surface area contributed by atoms with Crippen LogP contribution in [0.25, 0.3) is 0 Å². The summed E-state index contributed by atoms with van der Waals surface area (Å²) in [6.45, 7) is 4.41. The Morgan fingerprint density at radius 3 is 2.69 bits per heavy atom. The third-order valence-corrected chi connectivity index (χ3v) is 4.22. The van der Waals surface area contributed by atoms with Crippen molar-refractivity contribution in [2.24, 2.45) is 5.92 Å². The van der Waals surface area contributed by atoms with Gasteiger partial charge in [0.15, 0.2) is 0 Å². The van der Waals surface area contributed by atoms with Crippen LogP contribution in [0.3, 0.4) is 0 Å². The molecule has 0 bridgehead atoms. The highest BCUT2D eigenvalue weighted by Gasteiger charge is 2.18. The molecule has 0 aliphatic carbocycles. The molecule has 0 saturated heterocycles. The van der Waals surface area contributed by atoms with E-state index in [4.69, 9.17) is 0 Å². The van der Waals surface area contributed by atoms with E-state index < -0.39 is 10.0 Å². The van der Waals surface area contributed by atoms with Crippen LogP contribution in [0.15, 0.2) is 12.4 Å². The second kappa shape index (κ2) is 5.45. The van der Waals surface area contributed by atoms with Gasteiger partial charge in [0.05, 0.1) is 11.9 Å². The van der Waals surface area contributed by atoms with Gasteiger partial charge < -0.3 is 0 Å². The lowest BCUT2D eigenvalue weighted by molar-refractivity contribution is 0.460. The van der Waals surface area contributed by atoms with Crippen LogP contribution < -0.4 is 0 Å². The van der Waals surface area contributed by atoms with E-state index in [9.17, 15) is 8.42 Å². The molecule has 0 aromatic carbocycles. The molecule has 1 heterocycles. The second-order valence-electron chi connectivity index (χ2n) is 4.36. The minimum atomic E-state index is -3.14. The molecule has 0 atom stereocenters. The van der Waals surface area contributed by atoms with Crippen molar-refractivity contribution in [2.45, 2.75) is 26.8 Å². The fraction of sp³-hybridized carbons (Fsp3) is 0.700. The Hall–Kier alpha value is -0.880. The number of aromatic nitrogens is 2. The van der Waals surface area contributed by atoms with Crippen molar-refractivity contribution in [2.75, 3.05) is 12.8 Å². The Labute approximate surface area is 96.9 Å². The fourth-order valence-corrected chi connectivity index (χ4v) is 2.69. The van der Waals surface area contributed by atoms with Crippen molar-refractivity contribution in [3.8, 4) is 0 Å². The van der Waals surface area contributed by atoms with Crippen molar-refractivity contribution < 1.29 is 8.42 Å². The van der Waals surface area contributed by atoms with Gasteiger partial charge in [-0.15, -0.1) is 0 Å². The quantitative estimate of drug-likeness (QED) is 0.819. The van der Waals surface area contributed by atoms with Crippen molar-refractivity contribution in [1.82, 2.24) is 14.5 Å². The van der Waals surface area contributed by atoms with Crippen LogP contribution in [0.5, 0.6) is 0 Å². The summed E-state index contributed by atoms with van der Waals surface area (Å²) in [5.74, 6) is 0.607. The zero-order valence-corrected chi connectivity index (χ0v) is 10.8. The van der Waals surface area contributed by atoms with Gasteiger partial charge in [-0.2, -0.15) is 5.10 Å².